The molecule has 4 nitrogen and oxygen atoms in total. The zero-order valence-electron chi connectivity index (χ0n) is 11.8. The summed E-state index contributed by atoms with van der Waals surface area (Å²) in [5.74, 6) is 0.271. The predicted molar refractivity (Wildman–Crippen MR) is 86.5 cm³/mol. The van der Waals surface area contributed by atoms with E-state index in [1.54, 1.807) is 25.1 Å². The van der Waals surface area contributed by atoms with Gasteiger partial charge in [0.05, 0.1) is 11.4 Å². The first-order valence-electron chi connectivity index (χ1n) is 6.68. The molecular formula is C14H21ClN2O2S. The van der Waals surface area contributed by atoms with Crippen molar-refractivity contribution in [3.63, 3.8) is 0 Å². The van der Waals surface area contributed by atoms with E-state index in [4.69, 9.17) is 17.3 Å². The normalized spacial score (nSPS) is 13.8. The maximum Gasteiger partial charge on any atom is 0.239 e. The van der Waals surface area contributed by atoms with Crippen molar-refractivity contribution in [3.05, 3.63) is 23.2 Å². The number of halogens is 1. The van der Waals surface area contributed by atoms with Crippen LogP contribution < -0.4 is 11.1 Å². The Morgan fingerprint density at radius 1 is 1.45 bits per heavy atom. The van der Waals surface area contributed by atoms with Gasteiger partial charge < -0.3 is 11.1 Å². The molecular weight excluding hydrogens is 296 g/mol. The summed E-state index contributed by atoms with van der Waals surface area (Å²) in [4.78, 5) is 12.0. The third-order valence-electron chi connectivity index (χ3n) is 2.98. The molecule has 1 amide bonds. The SMILES string of the molecule is CCCCCS(=O)C(C)C(=O)Nc1ccc(Cl)cc1N. The van der Waals surface area contributed by atoms with Crippen molar-refractivity contribution >= 4 is 39.7 Å². The lowest BCUT2D eigenvalue weighted by molar-refractivity contribution is -0.115. The van der Waals surface area contributed by atoms with Crippen LogP contribution in [-0.4, -0.2) is 21.1 Å². The lowest BCUT2D eigenvalue weighted by Crippen LogP contribution is -2.30. The monoisotopic (exact) mass is 316 g/mol. The van der Waals surface area contributed by atoms with E-state index in [2.05, 4.69) is 12.2 Å². The summed E-state index contributed by atoms with van der Waals surface area (Å²) < 4.78 is 12.0. The van der Waals surface area contributed by atoms with Gasteiger partial charge in [-0.1, -0.05) is 31.4 Å². The Morgan fingerprint density at radius 2 is 2.15 bits per heavy atom. The molecule has 0 fully saturated rings. The van der Waals surface area contributed by atoms with Crippen LogP contribution in [0.5, 0.6) is 0 Å². The van der Waals surface area contributed by atoms with E-state index in [1.165, 1.54) is 0 Å². The molecule has 0 spiro atoms. The van der Waals surface area contributed by atoms with Gasteiger partial charge >= 0.3 is 0 Å². The van der Waals surface area contributed by atoms with Gasteiger partial charge in [-0.05, 0) is 31.5 Å². The van der Waals surface area contributed by atoms with Gasteiger partial charge in [-0.25, -0.2) is 0 Å². The highest BCUT2D eigenvalue weighted by molar-refractivity contribution is 7.86. The fourth-order valence-corrected chi connectivity index (χ4v) is 2.99. The van der Waals surface area contributed by atoms with Gasteiger partial charge in [0.25, 0.3) is 0 Å². The minimum atomic E-state index is -1.16. The van der Waals surface area contributed by atoms with E-state index in [0.717, 1.165) is 19.3 Å². The molecule has 112 valence electrons. The molecule has 2 unspecified atom stereocenters. The summed E-state index contributed by atoms with van der Waals surface area (Å²) in [5, 5.41) is 2.65. The Morgan fingerprint density at radius 3 is 2.75 bits per heavy atom. The molecule has 0 heterocycles. The number of amides is 1. The number of unbranched alkanes of at least 4 members (excludes halogenated alkanes) is 2. The van der Waals surface area contributed by atoms with Crippen LogP contribution in [0.3, 0.4) is 0 Å². The van der Waals surface area contributed by atoms with E-state index in [1.807, 2.05) is 0 Å². The Hall–Kier alpha value is -1.07. The molecule has 0 aliphatic carbocycles. The standard InChI is InChI=1S/C14H21ClN2O2S/c1-3-4-5-8-20(19)10(2)14(18)17-13-7-6-11(15)9-12(13)16/h6-7,9-10H,3-5,8,16H2,1-2H3,(H,17,18). The molecule has 0 aliphatic rings. The minimum absolute atomic E-state index is 0.283. The van der Waals surface area contributed by atoms with Crippen LogP contribution >= 0.6 is 11.6 Å². The number of hydrogen-bond donors (Lipinski definition) is 2. The van der Waals surface area contributed by atoms with E-state index >= 15 is 0 Å². The number of benzene rings is 1. The van der Waals surface area contributed by atoms with E-state index in [0.29, 0.717) is 22.2 Å². The number of hydrogen-bond acceptors (Lipinski definition) is 3. The maximum absolute atomic E-state index is 12.0. The second kappa shape index (κ2) is 8.27. The Labute approximate surface area is 127 Å². The van der Waals surface area contributed by atoms with Crippen molar-refractivity contribution < 1.29 is 9.00 Å². The van der Waals surface area contributed by atoms with Crippen molar-refractivity contribution in [1.29, 1.82) is 0 Å². The predicted octanol–water partition coefficient (Wildman–Crippen LogP) is 3.19. The van der Waals surface area contributed by atoms with Crippen molar-refractivity contribution in [3.8, 4) is 0 Å². The van der Waals surface area contributed by atoms with Gasteiger partial charge in [-0.15, -0.1) is 0 Å². The third-order valence-corrected chi connectivity index (χ3v) is 4.91. The van der Waals surface area contributed by atoms with E-state index in [9.17, 15) is 9.00 Å². The number of rotatable bonds is 7. The van der Waals surface area contributed by atoms with E-state index in [-0.39, 0.29) is 5.91 Å². The summed E-state index contributed by atoms with van der Waals surface area (Å²) in [7, 11) is -1.16. The fraction of sp³-hybridized carbons (Fsp3) is 0.500. The molecule has 0 saturated carbocycles. The Kier molecular flexibility index (Phi) is 7.02. The maximum atomic E-state index is 12.0. The molecule has 1 aromatic rings. The summed E-state index contributed by atoms with van der Waals surface area (Å²) in [6, 6.07) is 4.86. The number of nitrogens with two attached hydrogens (primary N) is 1. The molecule has 0 saturated heterocycles. The molecule has 0 aliphatic heterocycles. The molecule has 3 N–H and O–H groups in total. The largest absolute Gasteiger partial charge is 0.397 e. The van der Waals surface area contributed by atoms with Gasteiger partial charge in [-0.3, -0.25) is 9.00 Å². The van der Waals surface area contributed by atoms with Crippen LogP contribution in [0.4, 0.5) is 11.4 Å². The van der Waals surface area contributed by atoms with Gasteiger partial charge in [0, 0.05) is 21.6 Å². The average Bonchev–Trinajstić information content (AvgIpc) is 2.41. The number of carbonyl (C=O) groups is 1. The first-order valence-corrected chi connectivity index (χ1v) is 8.44. The average molecular weight is 317 g/mol. The van der Waals surface area contributed by atoms with Crippen molar-refractivity contribution in [2.24, 2.45) is 0 Å². The zero-order chi connectivity index (χ0) is 15.1. The molecule has 0 bridgehead atoms. The van der Waals surface area contributed by atoms with Gasteiger partial charge in [0.15, 0.2) is 0 Å². The molecule has 6 heteroatoms. The van der Waals surface area contributed by atoms with Crippen LogP contribution in [0.15, 0.2) is 18.2 Å². The third kappa shape index (κ3) is 5.13. The number of anilines is 2. The summed E-state index contributed by atoms with van der Waals surface area (Å²) in [5.41, 5.74) is 6.66. The number of nitrogen functional groups attached to an aromatic ring is 1. The zero-order valence-corrected chi connectivity index (χ0v) is 13.4. The topological polar surface area (TPSA) is 72.2 Å². The number of nitrogens with one attached hydrogen (secondary N) is 1. The first-order chi connectivity index (χ1) is 9.45. The summed E-state index contributed by atoms with van der Waals surface area (Å²) in [6.45, 7) is 3.76. The summed E-state index contributed by atoms with van der Waals surface area (Å²) in [6.07, 6.45) is 2.98. The van der Waals surface area contributed by atoms with Gasteiger partial charge in [-0.2, -0.15) is 0 Å². The first kappa shape index (κ1) is 17.0. The van der Waals surface area contributed by atoms with Crippen molar-refractivity contribution in [1.82, 2.24) is 0 Å². The van der Waals surface area contributed by atoms with Gasteiger partial charge in [0.1, 0.15) is 5.25 Å². The van der Waals surface area contributed by atoms with Crippen molar-refractivity contribution in [2.45, 2.75) is 38.4 Å². The smallest absolute Gasteiger partial charge is 0.239 e. The van der Waals surface area contributed by atoms with Crippen LogP contribution in [0.25, 0.3) is 0 Å². The molecule has 0 aromatic heterocycles. The lowest BCUT2D eigenvalue weighted by atomic mass is 10.2. The van der Waals surface area contributed by atoms with Crippen LogP contribution in [-0.2, 0) is 15.6 Å². The molecule has 2 atom stereocenters. The van der Waals surface area contributed by atoms with E-state index < -0.39 is 16.0 Å². The molecule has 1 aromatic carbocycles. The quantitative estimate of drug-likeness (QED) is 0.599. The highest BCUT2D eigenvalue weighted by atomic mass is 35.5. The van der Waals surface area contributed by atoms with Crippen molar-refractivity contribution in [2.75, 3.05) is 16.8 Å². The minimum Gasteiger partial charge on any atom is -0.397 e. The highest BCUT2D eigenvalue weighted by Gasteiger charge is 2.20. The number of carbonyl (C=O) groups excluding carboxylic acids is 1. The Bertz CT molecular complexity index is 494. The molecule has 1 rings (SSSR count). The Balaban J connectivity index is 2.59. The fourth-order valence-electron chi connectivity index (χ4n) is 1.67. The van der Waals surface area contributed by atoms with Crippen LogP contribution in [0.2, 0.25) is 5.02 Å². The highest BCUT2D eigenvalue weighted by Crippen LogP contribution is 2.23. The molecule has 0 radical (unpaired) electrons. The van der Waals surface area contributed by atoms with Crippen LogP contribution in [0, 0.1) is 0 Å². The van der Waals surface area contributed by atoms with Crippen LogP contribution in [0.1, 0.15) is 33.1 Å². The summed E-state index contributed by atoms with van der Waals surface area (Å²) >= 11 is 5.80. The lowest BCUT2D eigenvalue weighted by Gasteiger charge is -2.13. The van der Waals surface area contributed by atoms with Gasteiger partial charge in [0.2, 0.25) is 5.91 Å². The second-order valence-electron chi connectivity index (χ2n) is 4.66. The molecule has 20 heavy (non-hydrogen) atoms. The second-order valence-corrected chi connectivity index (χ2v) is 6.97.